The molecule has 0 bridgehead atoms. The first-order chi connectivity index (χ1) is 22.1. The van der Waals surface area contributed by atoms with E-state index in [9.17, 15) is 18.0 Å². The summed E-state index contributed by atoms with van der Waals surface area (Å²) in [5, 5.41) is 2.99. The molecule has 1 aliphatic heterocycles. The zero-order chi connectivity index (χ0) is 34.8. The summed E-state index contributed by atoms with van der Waals surface area (Å²) < 4.78 is 54.0. The predicted octanol–water partition coefficient (Wildman–Crippen LogP) is 9.27. The van der Waals surface area contributed by atoms with Gasteiger partial charge < -0.3 is 0 Å². The van der Waals surface area contributed by atoms with E-state index in [0.29, 0.717) is 18.3 Å². The van der Waals surface area contributed by atoms with Crippen molar-refractivity contribution in [1.29, 1.82) is 0 Å². The number of halogens is 3. The van der Waals surface area contributed by atoms with Gasteiger partial charge in [-0.15, -0.1) is 0 Å². The minimum absolute atomic E-state index is 0.108. The van der Waals surface area contributed by atoms with Crippen LogP contribution in [0.3, 0.4) is 0 Å². The van der Waals surface area contributed by atoms with Crippen molar-refractivity contribution < 1.29 is 22.7 Å². The molecule has 0 aliphatic carbocycles. The van der Waals surface area contributed by atoms with Crippen LogP contribution in [0.15, 0.2) is 30.5 Å². The molecule has 1 fully saturated rings. The third kappa shape index (κ3) is 11.4. The van der Waals surface area contributed by atoms with Crippen LogP contribution < -0.4 is 18.5 Å². The molecule has 0 unspecified atom stereocenters. The fraction of sp³-hybridized carbons (Fsp3) is 0.667. The van der Waals surface area contributed by atoms with Crippen molar-refractivity contribution in [2.24, 2.45) is 0 Å². The molecule has 264 valence electrons. The van der Waals surface area contributed by atoms with Gasteiger partial charge in [-0.1, -0.05) is 19.6 Å². The van der Waals surface area contributed by atoms with Crippen molar-refractivity contribution in [3.05, 3.63) is 41.6 Å². The number of hydrogen-bond donors (Lipinski definition) is 1. The maximum atomic E-state index is 14.4. The second kappa shape index (κ2) is 17.7. The molecule has 2 heterocycles. The van der Waals surface area contributed by atoms with Crippen LogP contribution in [-0.2, 0) is 6.18 Å². The van der Waals surface area contributed by atoms with Crippen LogP contribution in [0.25, 0.3) is 0 Å². The Labute approximate surface area is 287 Å². The summed E-state index contributed by atoms with van der Waals surface area (Å²) in [5.41, 5.74) is -0.0351. The fourth-order valence-corrected chi connectivity index (χ4v) is 23.1. The number of piperazine rings is 1. The number of rotatable bonds is 17. The number of likely N-dealkylation sites (N-methyl/N-ethyl adjacent to an activating group) is 1. The van der Waals surface area contributed by atoms with Gasteiger partial charge in [0, 0.05) is 8.07 Å². The number of benzene rings is 1. The van der Waals surface area contributed by atoms with E-state index in [2.05, 4.69) is 92.7 Å². The van der Waals surface area contributed by atoms with Gasteiger partial charge >= 0.3 is 261 Å². The summed E-state index contributed by atoms with van der Waals surface area (Å²) in [4.78, 5) is 22.6. The van der Waals surface area contributed by atoms with Gasteiger partial charge in [-0.3, -0.25) is 0 Å². The molecule has 0 saturated carbocycles. The van der Waals surface area contributed by atoms with Crippen molar-refractivity contribution in [3.63, 3.8) is 0 Å². The Kier molecular flexibility index (Phi) is 15.0. The zero-order valence-electron chi connectivity index (χ0n) is 30.2. The molecule has 11 heteroatoms. The number of nitrogens with zero attached hydrogens (tertiary/aromatic N) is 3. The molecule has 0 radical (unpaired) electrons. The molecule has 6 nitrogen and oxygen atoms in total. The Bertz CT molecular complexity index is 1280. The summed E-state index contributed by atoms with van der Waals surface area (Å²) in [7, 11) is 0.663. The van der Waals surface area contributed by atoms with Crippen molar-refractivity contribution in [2.75, 3.05) is 43.5 Å². The first kappa shape index (κ1) is 39.6. The molecule has 1 aromatic heterocycles. The molecule has 1 amide bonds. The third-order valence-corrected chi connectivity index (χ3v) is 27.0. The fourth-order valence-electron chi connectivity index (χ4n) is 6.44. The van der Waals surface area contributed by atoms with Crippen LogP contribution in [0.1, 0.15) is 82.1 Å². The van der Waals surface area contributed by atoms with Gasteiger partial charge in [0.15, 0.2) is 0 Å². The summed E-state index contributed by atoms with van der Waals surface area (Å²) >= 11 is -2.92. The number of anilines is 2. The number of carbonyl (C=O) groups excluding carboxylic acids is 1. The van der Waals surface area contributed by atoms with Gasteiger partial charge in [-0.2, -0.15) is 0 Å². The van der Waals surface area contributed by atoms with Gasteiger partial charge in [0.05, 0.1) is 0 Å². The zero-order valence-corrected chi connectivity index (χ0v) is 34.0. The maximum absolute atomic E-state index is 14.4. The molecule has 1 aliphatic rings. The third-order valence-electron chi connectivity index (χ3n) is 9.72. The van der Waals surface area contributed by atoms with Crippen molar-refractivity contribution in [1.82, 2.24) is 9.88 Å². The van der Waals surface area contributed by atoms with Crippen LogP contribution in [0.4, 0.5) is 24.5 Å². The Morgan fingerprint density at radius 3 is 2.17 bits per heavy atom. The average Bonchev–Trinajstić information content (AvgIpc) is 3.01. The van der Waals surface area contributed by atoms with Gasteiger partial charge in [0.1, 0.15) is 0 Å². The van der Waals surface area contributed by atoms with Gasteiger partial charge in [0.2, 0.25) is 0 Å². The molecule has 1 saturated heterocycles. The summed E-state index contributed by atoms with van der Waals surface area (Å²) in [6.07, 6.45) is 3.28. The summed E-state index contributed by atoms with van der Waals surface area (Å²) in [5.74, 6) is -0.904. The molecule has 1 aromatic carbocycles. The topological polar surface area (TPSA) is 57.7 Å². The number of aromatic nitrogens is 1. The van der Waals surface area contributed by atoms with E-state index in [0.717, 1.165) is 62.9 Å². The summed E-state index contributed by atoms with van der Waals surface area (Å²) in [6, 6.07) is 8.57. The quantitative estimate of drug-likeness (QED) is 0.162. The molecule has 47 heavy (non-hydrogen) atoms. The Balaban J connectivity index is 2.08. The van der Waals surface area contributed by atoms with Crippen LogP contribution >= 0.6 is 0 Å². The number of ether oxygens (including phenoxy) is 1. The molecular weight excluding hydrogens is 724 g/mol. The minimum atomic E-state index is -4.74. The number of carbonyl (C=O) groups is 1. The Hall–Kier alpha value is -1.79. The standard InChI is InChI=1S/C24H32F3N4O2Si.3C4H9.Sn/c1-17-16-31(11-10-30(17)2)21-9-7-6-8-20(21)29-23(32)18-15-28-22(14-19(18)24(25,26)27)33-12-13-34(3,4)5;3*1-3-4-2;/h7-9,14-15,17H,10-13,16H2,1-5H3,(H,29,32);3*1,3-4H2,2H3;/t17-;;;;/m0..../s1. The number of pyridine rings is 1. The number of unbranched alkanes of at least 4 members (excludes halogenated alkanes) is 3. The second-order valence-electron chi connectivity index (χ2n) is 14.8. The second-order valence-corrected chi connectivity index (χ2v) is 33.6. The molecule has 0 spiro atoms. The predicted molar refractivity (Wildman–Crippen MR) is 196 cm³/mol. The van der Waals surface area contributed by atoms with Gasteiger partial charge in [-0.05, 0) is 0 Å². The Morgan fingerprint density at radius 1 is 1.02 bits per heavy atom. The number of amides is 1. The van der Waals surface area contributed by atoms with Crippen molar-refractivity contribution in [3.8, 4) is 5.88 Å². The van der Waals surface area contributed by atoms with E-state index in [-0.39, 0.29) is 5.88 Å². The van der Waals surface area contributed by atoms with E-state index in [1.165, 1.54) is 36.2 Å². The van der Waals surface area contributed by atoms with E-state index in [4.69, 9.17) is 4.74 Å². The van der Waals surface area contributed by atoms with Crippen LogP contribution in [0.5, 0.6) is 5.88 Å². The van der Waals surface area contributed by atoms with Crippen LogP contribution in [0.2, 0.25) is 39.0 Å². The van der Waals surface area contributed by atoms with E-state index >= 15 is 0 Å². The average molecular weight is 784 g/mol. The van der Waals surface area contributed by atoms with E-state index < -0.39 is 49.7 Å². The molecular formula is C36H59F3N4O2SiSn. The Morgan fingerprint density at radius 2 is 1.64 bits per heavy atom. The summed E-state index contributed by atoms with van der Waals surface area (Å²) in [6.45, 7) is 18.1. The van der Waals surface area contributed by atoms with Crippen LogP contribution in [0, 0.1) is 0 Å². The monoisotopic (exact) mass is 784 g/mol. The number of alkyl halides is 3. The number of nitrogens with one attached hydrogen (secondary N) is 1. The number of hydrogen-bond acceptors (Lipinski definition) is 5. The van der Waals surface area contributed by atoms with Crippen molar-refractivity contribution >= 4 is 47.3 Å². The first-order valence-corrected chi connectivity index (χ1v) is 28.9. The van der Waals surface area contributed by atoms with Gasteiger partial charge in [-0.25, -0.2) is 0 Å². The van der Waals surface area contributed by atoms with E-state index in [1.807, 2.05) is 0 Å². The van der Waals surface area contributed by atoms with E-state index in [1.54, 1.807) is 0 Å². The van der Waals surface area contributed by atoms with Crippen molar-refractivity contribution in [2.45, 2.75) is 117 Å². The normalized spacial score (nSPS) is 16.4. The molecule has 2 aromatic rings. The molecule has 1 atom stereocenters. The van der Waals surface area contributed by atoms with Gasteiger partial charge in [0.25, 0.3) is 0 Å². The SMILES string of the molecule is CCC[CH2][Sn]([CH2]CCC)([CH2]CCC)[c]1ccc(N2CCN(C)[C@@H](C)C2)c(NC(=O)c2cnc(OCC[Si](C)(C)C)cc2C(F)(F)F)c1. The first-order valence-electron chi connectivity index (χ1n) is 17.7. The van der Waals surface area contributed by atoms with Crippen LogP contribution in [-0.4, -0.2) is 81.6 Å². The molecule has 1 N–H and O–H groups in total. The molecule has 3 rings (SSSR count).